The molecule has 2 nitrogen and oxygen atoms in total. The van der Waals surface area contributed by atoms with E-state index >= 15 is 0 Å². The largest absolute Gasteiger partial charge is 0.381 e. The lowest BCUT2D eigenvalue weighted by Crippen LogP contribution is -1.95. The minimum absolute atomic E-state index is 0.523. The average Bonchev–Trinajstić information content (AvgIpc) is 2.29. The highest BCUT2D eigenvalue weighted by molar-refractivity contribution is 5.13. The zero-order valence-electron chi connectivity index (χ0n) is 9.65. The van der Waals surface area contributed by atoms with Crippen molar-refractivity contribution in [3.05, 3.63) is 35.9 Å². The molecular weight excluding hydrogens is 200 g/mol. The second-order valence-electron chi connectivity index (χ2n) is 3.64. The van der Waals surface area contributed by atoms with Gasteiger partial charge in [0.2, 0.25) is 0 Å². The Labute approximate surface area is 97.3 Å². The number of benzene rings is 1. The number of ether oxygens (including phenoxy) is 1. The highest BCUT2D eigenvalue weighted by Crippen LogP contribution is 2.01. The standard InChI is InChI=1S/C14H18O2/c1-13(15)8-4-3-7-11-16-12-14-9-5-2-6-10-14/h2,5-6,9-10,13,15H,3,7,11-12H2,1H3. The third-order valence-electron chi connectivity index (χ3n) is 2.01. The van der Waals surface area contributed by atoms with Crippen molar-refractivity contribution in [3.8, 4) is 11.8 Å². The number of aliphatic hydroxyl groups excluding tert-OH is 1. The lowest BCUT2D eigenvalue weighted by molar-refractivity contribution is 0.119. The van der Waals surface area contributed by atoms with Gasteiger partial charge in [-0.15, -0.1) is 5.92 Å². The van der Waals surface area contributed by atoms with E-state index in [-0.39, 0.29) is 0 Å². The van der Waals surface area contributed by atoms with Crippen molar-refractivity contribution in [1.29, 1.82) is 0 Å². The third kappa shape index (κ3) is 6.23. The van der Waals surface area contributed by atoms with Crippen LogP contribution in [-0.4, -0.2) is 17.8 Å². The fourth-order valence-electron chi connectivity index (χ4n) is 1.25. The highest BCUT2D eigenvalue weighted by Gasteiger charge is 1.91. The van der Waals surface area contributed by atoms with Crippen molar-refractivity contribution in [3.63, 3.8) is 0 Å². The van der Waals surface area contributed by atoms with Crippen molar-refractivity contribution in [1.82, 2.24) is 0 Å². The number of unbranched alkanes of at least 4 members (excludes halogenated alkanes) is 1. The van der Waals surface area contributed by atoms with Crippen molar-refractivity contribution in [2.75, 3.05) is 6.61 Å². The van der Waals surface area contributed by atoms with Gasteiger partial charge in [0.1, 0.15) is 6.10 Å². The van der Waals surface area contributed by atoms with Gasteiger partial charge in [-0.3, -0.25) is 0 Å². The summed E-state index contributed by atoms with van der Waals surface area (Å²) in [5.41, 5.74) is 1.19. The summed E-state index contributed by atoms with van der Waals surface area (Å²) in [7, 11) is 0. The Bertz CT molecular complexity index is 333. The smallest absolute Gasteiger partial charge is 0.111 e. The number of aliphatic hydroxyl groups is 1. The van der Waals surface area contributed by atoms with Gasteiger partial charge in [-0.25, -0.2) is 0 Å². The molecule has 0 aliphatic carbocycles. The lowest BCUT2D eigenvalue weighted by atomic mass is 10.2. The van der Waals surface area contributed by atoms with Crippen LogP contribution in [-0.2, 0) is 11.3 Å². The Morgan fingerprint density at radius 3 is 2.75 bits per heavy atom. The van der Waals surface area contributed by atoms with Gasteiger partial charge < -0.3 is 9.84 Å². The van der Waals surface area contributed by atoms with Gasteiger partial charge in [-0.1, -0.05) is 36.3 Å². The molecule has 0 radical (unpaired) electrons. The zero-order valence-corrected chi connectivity index (χ0v) is 9.65. The van der Waals surface area contributed by atoms with Gasteiger partial charge in [-0.05, 0) is 18.9 Å². The van der Waals surface area contributed by atoms with Gasteiger partial charge >= 0.3 is 0 Å². The summed E-state index contributed by atoms with van der Waals surface area (Å²) in [6.07, 6.45) is 1.16. The maximum Gasteiger partial charge on any atom is 0.111 e. The first kappa shape index (κ1) is 12.8. The Morgan fingerprint density at radius 1 is 1.31 bits per heavy atom. The first-order valence-corrected chi connectivity index (χ1v) is 5.57. The van der Waals surface area contributed by atoms with Crippen LogP contribution in [0.25, 0.3) is 0 Å². The van der Waals surface area contributed by atoms with Crippen molar-refractivity contribution in [2.45, 2.75) is 32.5 Å². The Kier molecular flexibility index (Phi) is 6.32. The molecule has 0 aromatic heterocycles. The summed E-state index contributed by atoms with van der Waals surface area (Å²) < 4.78 is 5.50. The molecule has 1 N–H and O–H groups in total. The number of hydrogen-bond donors (Lipinski definition) is 1. The molecule has 0 saturated carbocycles. The number of hydrogen-bond acceptors (Lipinski definition) is 2. The first-order valence-electron chi connectivity index (χ1n) is 5.57. The van der Waals surface area contributed by atoms with Crippen LogP contribution in [0.15, 0.2) is 30.3 Å². The van der Waals surface area contributed by atoms with Crippen LogP contribution in [0.1, 0.15) is 25.3 Å². The molecule has 0 amide bonds. The molecule has 1 aromatic carbocycles. The van der Waals surface area contributed by atoms with Crippen LogP contribution in [0.2, 0.25) is 0 Å². The van der Waals surface area contributed by atoms with Crippen LogP contribution >= 0.6 is 0 Å². The van der Waals surface area contributed by atoms with Gasteiger partial charge in [0.25, 0.3) is 0 Å². The Hall–Kier alpha value is -1.30. The molecule has 86 valence electrons. The first-order chi connectivity index (χ1) is 7.79. The van der Waals surface area contributed by atoms with E-state index in [2.05, 4.69) is 11.8 Å². The third-order valence-corrected chi connectivity index (χ3v) is 2.01. The molecule has 1 aromatic rings. The van der Waals surface area contributed by atoms with Crippen molar-refractivity contribution in [2.24, 2.45) is 0 Å². The van der Waals surface area contributed by atoms with Gasteiger partial charge in [0, 0.05) is 13.0 Å². The fraction of sp³-hybridized carbons (Fsp3) is 0.429. The van der Waals surface area contributed by atoms with E-state index in [1.54, 1.807) is 6.92 Å². The molecule has 16 heavy (non-hydrogen) atoms. The molecule has 0 heterocycles. The molecule has 0 spiro atoms. The summed E-state index contributed by atoms with van der Waals surface area (Å²) in [5.74, 6) is 5.61. The lowest BCUT2D eigenvalue weighted by Gasteiger charge is -2.02. The SMILES string of the molecule is CC(O)C#CCCCOCc1ccccc1. The Morgan fingerprint density at radius 2 is 2.06 bits per heavy atom. The molecule has 1 atom stereocenters. The minimum atomic E-state index is -0.523. The molecule has 1 rings (SSSR count). The summed E-state index contributed by atoms with van der Waals surface area (Å²) in [6.45, 7) is 3.03. The van der Waals surface area contributed by atoms with E-state index in [9.17, 15) is 0 Å². The summed E-state index contributed by atoms with van der Waals surface area (Å²) in [4.78, 5) is 0. The van der Waals surface area contributed by atoms with Crippen LogP contribution in [0.4, 0.5) is 0 Å². The Balaban J connectivity index is 2.03. The molecule has 0 aliphatic heterocycles. The van der Waals surface area contributed by atoms with E-state index in [1.807, 2.05) is 30.3 Å². The average molecular weight is 218 g/mol. The molecular formula is C14H18O2. The summed E-state index contributed by atoms with van der Waals surface area (Å²) in [6, 6.07) is 10.1. The van der Waals surface area contributed by atoms with Gasteiger partial charge in [-0.2, -0.15) is 0 Å². The molecule has 0 fully saturated rings. The maximum absolute atomic E-state index is 8.90. The van der Waals surface area contributed by atoms with Gasteiger partial charge in [0.15, 0.2) is 0 Å². The van der Waals surface area contributed by atoms with E-state index < -0.39 is 6.10 Å². The monoisotopic (exact) mass is 218 g/mol. The van der Waals surface area contributed by atoms with Crippen LogP contribution in [0.5, 0.6) is 0 Å². The van der Waals surface area contributed by atoms with E-state index in [0.717, 1.165) is 12.8 Å². The molecule has 0 saturated heterocycles. The van der Waals surface area contributed by atoms with E-state index in [0.29, 0.717) is 13.2 Å². The summed E-state index contributed by atoms with van der Waals surface area (Å²) in [5, 5.41) is 8.90. The fourth-order valence-corrected chi connectivity index (χ4v) is 1.25. The highest BCUT2D eigenvalue weighted by atomic mass is 16.5. The van der Waals surface area contributed by atoms with E-state index in [1.165, 1.54) is 5.56 Å². The molecule has 1 unspecified atom stereocenters. The van der Waals surface area contributed by atoms with Crippen molar-refractivity contribution >= 4 is 0 Å². The predicted octanol–water partition coefficient (Wildman–Crippen LogP) is 2.37. The molecule has 0 bridgehead atoms. The second kappa shape index (κ2) is 7.92. The second-order valence-corrected chi connectivity index (χ2v) is 3.64. The molecule has 0 aliphatic rings. The van der Waals surface area contributed by atoms with Crippen LogP contribution < -0.4 is 0 Å². The maximum atomic E-state index is 8.90. The van der Waals surface area contributed by atoms with Gasteiger partial charge in [0.05, 0.1) is 6.61 Å². The number of rotatable bonds is 5. The quantitative estimate of drug-likeness (QED) is 0.607. The topological polar surface area (TPSA) is 29.5 Å². The van der Waals surface area contributed by atoms with Crippen LogP contribution in [0, 0.1) is 11.8 Å². The molecule has 2 heteroatoms. The van der Waals surface area contributed by atoms with E-state index in [4.69, 9.17) is 9.84 Å². The van der Waals surface area contributed by atoms with Crippen LogP contribution in [0.3, 0.4) is 0 Å². The normalized spacial score (nSPS) is 11.6. The van der Waals surface area contributed by atoms with Crippen molar-refractivity contribution < 1.29 is 9.84 Å². The summed E-state index contributed by atoms with van der Waals surface area (Å²) >= 11 is 0. The predicted molar refractivity (Wildman–Crippen MR) is 64.8 cm³/mol. The zero-order chi connectivity index (χ0) is 11.6. The minimum Gasteiger partial charge on any atom is -0.381 e.